The second-order valence-electron chi connectivity index (χ2n) is 8.64. The van der Waals surface area contributed by atoms with Crippen molar-refractivity contribution in [2.24, 2.45) is 17.6 Å². The van der Waals surface area contributed by atoms with E-state index in [-0.39, 0.29) is 29.9 Å². The van der Waals surface area contributed by atoms with Crippen LogP contribution in [-0.2, 0) is 0 Å². The number of anilines is 1. The van der Waals surface area contributed by atoms with Crippen LogP contribution in [0.2, 0.25) is 0 Å². The third-order valence-electron chi connectivity index (χ3n) is 6.65. The van der Waals surface area contributed by atoms with Gasteiger partial charge in [-0.25, -0.2) is 9.18 Å². The molecule has 0 amide bonds. The number of pyridine rings is 2. The lowest BCUT2D eigenvalue weighted by Gasteiger charge is -2.24. The number of halogens is 2. The van der Waals surface area contributed by atoms with Gasteiger partial charge < -0.3 is 15.7 Å². The second kappa shape index (κ2) is 6.99. The minimum atomic E-state index is -1.28. The smallest absolute Gasteiger partial charge is 0.341 e. The molecule has 6 nitrogen and oxygen atoms in total. The van der Waals surface area contributed by atoms with Crippen molar-refractivity contribution >= 4 is 29.6 Å². The van der Waals surface area contributed by atoms with Gasteiger partial charge in [0.05, 0.1) is 17.4 Å². The van der Waals surface area contributed by atoms with Gasteiger partial charge >= 0.3 is 5.97 Å². The van der Waals surface area contributed by atoms with Crippen molar-refractivity contribution < 1.29 is 14.3 Å². The van der Waals surface area contributed by atoms with E-state index in [0.717, 1.165) is 31.1 Å². The van der Waals surface area contributed by atoms with Gasteiger partial charge in [0.2, 0.25) is 0 Å². The Morgan fingerprint density at radius 3 is 2.52 bits per heavy atom. The third kappa shape index (κ3) is 3.20. The number of aryl methyl sites for hydroxylation is 1. The third-order valence-corrected chi connectivity index (χ3v) is 6.65. The van der Waals surface area contributed by atoms with Crippen LogP contribution < -0.4 is 16.2 Å². The number of nitrogens with zero attached hydrogens (tertiary/aromatic N) is 2. The fourth-order valence-electron chi connectivity index (χ4n) is 4.95. The van der Waals surface area contributed by atoms with Crippen LogP contribution in [0.1, 0.15) is 53.1 Å². The van der Waals surface area contributed by atoms with Gasteiger partial charge in [0.25, 0.3) is 5.56 Å². The molecule has 0 spiro atoms. The van der Waals surface area contributed by atoms with Crippen molar-refractivity contribution in [3.8, 4) is 0 Å². The molecule has 1 aliphatic heterocycles. The molecule has 8 heteroatoms. The lowest BCUT2D eigenvalue weighted by molar-refractivity contribution is 0.0694. The van der Waals surface area contributed by atoms with Gasteiger partial charge in [-0.15, -0.1) is 12.4 Å². The van der Waals surface area contributed by atoms with Crippen LogP contribution in [-0.4, -0.2) is 34.6 Å². The number of rotatable bonds is 4. The highest BCUT2D eigenvalue weighted by Gasteiger charge is 2.42. The van der Waals surface area contributed by atoms with Crippen molar-refractivity contribution in [3.63, 3.8) is 0 Å². The molecule has 0 radical (unpaired) electrons. The molecular formula is C21H25ClFN3O3. The summed E-state index contributed by atoms with van der Waals surface area (Å²) in [6, 6.07) is 1.52. The summed E-state index contributed by atoms with van der Waals surface area (Å²) in [5.74, 6) is -0.520. The number of hydrogen-bond acceptors (Lipinski definition) is 4. The largest absolute Gasteiger partial charge is 0.477 e. The van der Waals surface area contributed by atoms with E-state index in [1.54, 1.807) is 0 Å². The molecule has 2 unspecified atom stereocenters. The molecule has 2 aromatic heterocycles. The molecule has 0 aromatic carbocycles. The summed E-state index contributed by atoms with van der Waals surface area (Å²) in [7, 11) is 0. The standard InChI is InChI=1S/C21H24FN3O3.ClH/c1-10-18-13(11-2-3-11)6-14(21(27)28)20(26)25(18)8-16(22)19(10)24-7-15(12-4-5-12)17(23)9-24;/h6,8,11-12,15,17H,2-5,7,9,23H2,1H3,(H,27,28);1H. The zero-order valence-corrected chi connectivity index (χ0v) is 17.0. The van der Waals surface area contributed by atoms with Crippen LogP contribution in [0, 0.1) is 24.6 Å². The van der Waals surface area contributed by atoms with Gasteiger partial charge in [0.1, 0.15) is 5.56 Å². The van der Waals surface area contributed by atoms with Gasteiger partial charge in [0.15, 0.2) is 5.82 Å². The molecule has 3 heterocycles. The van der Waals surface area contributed by atoms with Crippen LogP contribution in [0.15, 0.2) is 17.1 Å². The second-order valence-corrected chi connectivity index (χ2v) is 8.64. The van der Waals surface area contributed by atoms with Crippen molar-refractivity contribution in [1.82, 2.24) is 4.40 Å². The Morgan fingerprint density at radius 1 is 1.24 bits per heavy atom. The minimum absolute atomic E-state index is 0. The van der Waals surface area contributed by atoms with Crippen LogP contribution in [0.3, 0.4) is 0 Å². The van der Waals surface area contributed by atoms with E-state index in [9.17, 15) is 14.7 Å². The SMILES string of the molecule is Cc1c(N2CC(N)C(C3CC3)C2)c(F)cn2c(=O)c(C(=O)O)cc(C3CC3)c12.Cl. The normalized spacial score (nSPS) is 24.0. The maximum absolute atomic E-state index is 15.2. The highest BCUT2D eigenvalue weighted by atomic mass is 35.5. The van der Waals surface area contributed by atoms with E-state index < -0.39 is 17.3 Å². The van der Waals surface area contributed by atoms with Crippen molar-refractivity contribution in [3.05, 3.63) is 45.1 Å². The Labute approximate surface area is 173 Å². The van der Waals surface area contributed by atoms with E-state index in [1.165, 1.54) is 23.3 Å². The number of fused-ring (bicyclic) bond motifs is 1. The van der Waals surface area contributed by atoms with E-state index >= 15 is 4.39 Å². The fraction of sp³-hybridized carbons (Fsp3) is 0.524. The van der Waals surface area contributed by atoms with E-state index in [0.29, 0.717) is 35.1 Å². The molecule has 3 fully saturated rings. The Balaban J connectivity index is 0.00000205. The lowest BCUT2D eigenvalue weighted by atomic mass is 9.99. The number of aromatic nitrogens is 1. The number of carbonyl (C=O) groups is 1. The number of carboxylic acid groups (broad SMARTS) is 1. The Bertz CT molecular complexity index is 1060. The van der Waals surface area contributed by atoms with E-state index in [2.05, 4.69) is 0 Å². The zero-order chi connectivity index (χ0) is 19.7. The topological polar surface area (TPSA) is 88.0 Å². The number of aromatic carboxylic acids is 1. The van der Waals surface area contributed by atoms with Crippen molar-refractivity contribution in [2.45, 2.75) is 44.6 Å². The van der Waals surface area contributed by atoms with Gasteiger partial charge in [-0.2, -0.15) is 0 Å². The molecule has 2 atom stereocenters. The van der Waals surface area contributed by atoms with Gasteiger partial charge in [0, 0.05) is 19.1 Å². The molecule has 1 saturated heterocycles. The number of carboxylic acids is 1. The minimum Gasteiger partial charge on any atom is -0.477 e. The summed E-state index contributed by atoms with van der Waals surface area (Å²) < 4.78 is 16.4. The molecule has 5 rings (SSSR count). The molecule has 0 bridgehead atoms. The number of nitrogens with two attached hydrogens (primary N) is 1. The predicted molar refractivity (Wildman–Crippen MR) is 111 cm³/mol. The maximum Gasteiger partial charge on any atom is 0.341 e. The zero-order valence-electron chi connectivity index (χ0n) is 16.2. The van der Waals surface area contributed by atoms with Gasteiger partial charge in [-0.05, 0) is 67.6 Å². The van der Waals surface area contributed by atoms with E-state index in [1.807, 2.05) is 11.8 Å². The summed E-state index contributed by atoms with van der Waals surface area (Å²) in [5, 5.41) is 9.40. The fourth-order valence-corrected chi connectivity index (χ4v) is 4.95. The average molecular weight is 422 g/mol. The lowest BCUT2D eigenvalue weighted by Crippen LogP contribution is -2.31. The van der Waals surface area contributed by atoms with Gasteiger partial charge in [-0.1, -0.05) is 0 Å². The maximum atomic E-state index is 15.2. The molecule has 2 aliphatic carbocycles. The van der Waals surface area contributed by atoms with Crippen LogP contribution in [0.4, 0.5) is 10.1 Å². The van der Waals surface area contributed by atoms with Crippen LogP contribution >= 0.6 is 12.4 Å². The first-order valence-electron chi connectivity index (χ1n) is 9.99. The number of hydrogen-bond donors (Lipinski definition) is 2. The first-order valence-corrected chi connectivity index (χ1v) is 9.99. The summed E-state index contributed by atoms with van der Waals surface area (Å²) in [6.07, 6.45) is 5.47. The summed E-state index contributed by atoms with van der Waals surface area (Å²) in [4.78, 5) is 26.2. The molecule has 156 valence electrons. The summed E-state index contributed by atoms with van der Waals surface area (Å²) >= 11 is 0. The van der Waals surface area contributed by atoms with Crippen molar-refractivity contribution in [1.29, 1.82) is 0 Å². The summed E-state index contributed by atoms with van der Waals surface area (Å²) in [5.41, 5.74) is 8.03. The molecule has 2 aromatic rings. The summed E-state index contributed by atoms with van der Waals surface area (Å²) in [6.45, 7) is 3.16. The first kappa shape index (κ1) is 20.2. The van der Waals surface area contributed by atoms with Crippen LogP contribution in [0.5, 0.6) is 0 Å². The van der Waals surface area contributed by atoms with E-state index in [4.69, 9.17) is 5.73 Å². The molecule has 29 heavy (non-hydrogen) atoms. The van der Waals surface area contributed by atoms with Crippen LogP contribution in [0.25, 0.3) is 5.52 Å². The highest BCUT2D eigenvalue weighted by molar-refractivity contribution is 5.89. The molecule has 3 N–H and O–H groups in total. The monoisotopic (exact) mass is 421 g/mol. The quantitative estimate of drug-likeness (QED) is 0.792. The highest BCUT2D eigenvalue weighted by Crippen LogP contribution is 2.45. The van der Waals surface area contributed by atoms with Crippen molar-refractivity contribution in [2.75, 3.05) is 18.0 Å². The van der Waals surface area contributed by atoms with Gasteiger partial charge in [-0.3, -0.25) is 9.20 Å². The first-order chi connectivity index (χ1) is 13.4. The average Bonchev–Trinajstić information content (AvgIpc) is 3.54. The molecule has 3 aliphatic rings. The molecule has 2 saturated carbocycles. The Hall–Kier alpha value is -2.12. The Morgan fingerprint density at radius 2 is 1.93 bits per heavy atom. The predicted octanol–water partition coefficient (Wildman–Crippen LogP) is 2.92. The Kier molecular flexibility index (Phi) is 4.86. The molecular weight excluding hydrogens is 397 g/mol.